The summed E-state index contributed by atoms with van der Waals surface area (Å²) in [4.78, 5) is 11.8. The molecule has 0 spiro atoms. The van der Waals surface area contributed by atoms with Crippen LogP contribution in [-0.4, -0.2) is 55.2 Å². The van der Waals surface area contributed by atoms with Crippen LogP contribution in [0.3, 0.4) is 0 Å². The van der Waals surface area contributed by atoms with Crippen molar-refractivity contribution in [3.05, 3.63) is 104 Å². The van der Waals surface area contributed by atoms with Gasteiger partial charge in [0.15, 0.2) is 0 Å². The van der Waals surface area contributed by atoms with Gasteiger partial charge in [0.05, 0.1) is 0 Å². The summed E-state index contributed by atoms with van der Waals surface area (Å²) in [6, 6.07) is 28.9. The molecule has 0 aromatic heterocycles. The summed E-state index contributed by atoms with van der Waals surface area (Å²) in [6.07, 6.45) is 5.37. The first-order chi connectivity index (χ1) is 13.8. The molecule has 3 aromatic carbocycles. The molecule has 0 saturated carbocycles. The Morgan fingerprint density at radius 1 is 0.750 bits per heavy atom. The molecule has 0 aliphatic carbocycles. The fourth-order valence-corrected chi connectivity index (χ4v) is 8.15. The average Bonchev–Trinajstić information content (AvgIpc) is 2.75. The molecule has 0 saturated heterocycles. The number of carbonyl (C=O) groups excluding carboxylic acids is 1. The van der Waals surface area contributed by atoms with Gasteiger partial charge in [-0.15, -0.1) is 0 Å². The third kappa shape index (κ3) is 6.66. The van der Waals surface area contributed by atoms with Crippen LogP contribution in [0.25, 0.3) is 6.08 Å². The number of rotatable bonds is 8. The monoisotopic (exact) mass is 600 g/mol. The molecule has 0 N–H and O–H groups in total. The average molecular weight is 596 g/mol. The molecule has 0 heterocycles. The van der Waals surface area contributed by atoms with E-state index in [9.17, 15) is 4.79 Å². The number of allylic oxidation sites excluding steroid dienone is 3. The maximum atomic E-state index is 11.8. The third-order valence-electron chi connectivity index (χ3n) is 3.78. The van der Waals surface area contributed by atoms with E-state index in [0.29, 0.717) is 0 Å². The number of benzene rings is 3. The van der Waals surface area contributed by atoms with Gasteiger partial charge in [0.1, 0.15) is 0 Å². The summed E-state index contributed by atoms with van der Waals surface area (Å²) < 4.78 is 10.1. The summed E-state index contributed by atoms with van der Waals surface area (Å²) in [5.74, 6) is 0.846. The summed E-state index contributed by atoms with van der Waals surface area (Å²) in [7, 11) is 1.67. The second kappa shape index (κ2) is 11.3. The van der Waals surface area contributed by atoms with E-state index < -0.39 is 41.8 Å². The molecule has 3 aromatic rings. The van der Waals surface area contributed by atoms with Crippen LogP contribution in [0, 0.1) is 0 Å². The van der Waals surface area contributed by atoms with Gasteiger partial charge in [-0.2, -0.15) is 0 Å². The SMILES string of the molecule is COc1ccc(/C=C(\C=C(/C=O)[Te]c2ccccc2)[Te]c2ccccc2)cc1. The van der Waals surface area contributed by atoms with Crippen molar-refractivity contribution in [3.8, 4) is 5.75 Å². The van der Waals surface area contributed by atoms with Crippen molar-refractivity contribution in [2.75, 3.05) is 7.11 Å². The molecular weight excluding hydrogens is 575 g/mol. The Hall–Kier alpha value is -1.81. The standard InChI is InChI=1S/C24H20O2Te2/c1-26-20-14-12-19(13-15-20)16-23(27-21-8-4-2-5-9-21)17-24(18-25)28-22-10-6-3-7-11-22/h2-18H,1H3/b23-16+,24-17+. The number of methoxy groups -OCH3 is 1. The maximum absolute atomic E-state index is 11.8. The predicted molar refractivity (Wildman–Crippen MR) is 119 cm³/mol. The molecule has 0 atom stereocenters. The topological polar surface area (TPSA) is 26.3 Å². The number of hydrogen-bond acceptors (Lipinski definition) is 2. The van der Waals surface area contributed by atoms with Gasteiger partial charge in [0, 0.05) is 0 Å². The van der Waals surface area contributed by atoms with Crippen LogP contribution < -0.4 is 12.0 Å². The van der Waals surface area contributed by atoms with Gasteiger partial charge >= 0.3 is 188 Å². The molecule has 0 aliphatic rings. The summed E-state index contributed by atoms with van der Waals surface area (Å²) >= 11 is -1.27. The molecule has 28 heavy (non-hydrogen) atoms. The zero-order chi connectivity index (χ0) is 19.6. The summed E-state index contributed by atoms with van der Waals surface area (Å²) in [6.45, 7) is 0. The van der Waals surface area contributed by atoms with Crippen LogP contribution in [0.5, 0.6) is 5.75 Å². The Labute approximate surface area is 186 Å². The van der Waals surface area contributed by atoms with E-state index in [1.54, 1.807) is 7.11 Å². The van der Waals surface area contributed by atoms with Crippen LogP contribution in [0.2, 0.25) is 0 Å². The first kappa shape index (κ1) is 20.9. The Bertz CT molecular complexity index is 947. The molecule has 0 aliphatic heterocycles. The van der Waals surface area contributed by atoms with Crippen molar-refractivity contribution >= 4 is 61.4 Å². The Balaban J connectivity index is 1.91. The second-order valence-electron chi connectivity index (χ2n) is 5.81. The zero-order valence-corrected chi connectivity index (χ0v) is 20.1. The number of aldehydes is 1. The van der Waals surface area contributed by atoms with Crippen LogP contribution in [-0.2, 0) is 4.79 Å². The van der Waals surface area contributed by atoms with Crippen molar-refractivity contribution < 1.29 is 9.53 Å². The van der Waals surface area contributed by atoms with E-state index in [4.69, 9.17) is 4.74 Å². The molecule has 0 bridgehead atoms. The Morgan fingerprint density at radius 2 is 1.29 bits per heavy atom. The second-order valence-corrected chi connectivity index (χ2v) is 12.4. The molecular formula is C24H20O2Te2. The molecule has 0 unspecified atom stereocenters. The first-order valence-electron chi connectivity index (χ1n) is 8.75. The van der Waals surface area contributed by atoms with Gasteiger partial charge in [-0.25, -0.2) is 0 Å². The van der Waals surface area contributed by atoms with E-state index in [1.807, 2.05) is 36.4 Å². The van der Waals surface area contributed by atoms with Crippen LogP contribution in [0.4, 0.5) is 0 Å². The van der Waals surface area contributed by atoms with E-state index in [2.05, 4.69) is 60.7 Å². The normalized spacial score (nSPS) is 11.9. The predicted octanol–water partition coefficient (Wildman–Crippen LogP) is 3.18. The van der Waals surface area contributed by atoms with E-state index in [0.717, 1.165) is 21.2 Å². The number of carbonyl (C=O) groups is 1. The fourth-order valence-electron chi connectivity index (χ4n) is 2.44. The quantitative estimate of drug-likeness (QED) is 0.173. The molecule has 3 rings (SSSR count). The van der Waals surface area contributed by atoms with E-state index in [-0.39, 0.29) is 0 Å². The fraction of sp³-hybridized carbons (Fsp3) is 0.0417. The van der Waals surface area contributed by atoms with Crippen LogP contribution in [0.15, 0.2) is 98.2 Å². The van der Waals surface area contributed by atoms with Crippen molar-refractivity contribution in [1.82, 2.24) is 0 Å². The number of ether oxygens (including phenoxy) is 1. The molecule has 0 amide bonds. The van der Waals surface area contributed by atoms with Gasteiger partial charge in [-0.3, -0.25) is 0 Å². The molecule has 4 heteroatoms. The van der Waals surface area contributed by atoms with Gasteiger partial charge < -0.3 is 0 Å². The van der Waals surface area contributed by atoms with Crippen molar-refractivity contribution in [2.24, 2.45) is 0 Å². The van der Waals surface area contributed by atoms with E-state index >= 15 is 0 Å². The zero-order valence-electron chi connectivity index (χ0n) is 15.4. The van der Waals surface area contributed by atoms with Gasteiger partial charge in [-0.1, -0.05) is 0 Å². The molecule has 140 valence electrons. The molecule has 0 fully saturated rings. The van der Waals surface area contributed by atoms with Crippen LogP contribution in [0.1, 0.15) is 5.56 Å². The third-order valence-corrected chi connectivity index (χ3v) is 9.31. The molecule has 0 radical (unpaired) electrons. The van der Waals surface area contributed by atoms with E-state index in [1.165, 1.54) is 10.8 Å². The molecule has 2 nitrogen and oxygen atoms in total. The minimum absolute atomic E-state index is 0.588. The van der Waals surface area contributed by atoms with Gasteiger partial charge in [0.25, 0.3) is 0 Å². The number of hydrogen-bond donors (Lipinski definition) is 0. The summed E-state index contributed by atoms with van der Waals surface area (Å²) in [5.41, 5.74) is 1.12. The van der Waals surface area contributed by atoms with Crippen LogP contribution >= 0.6 is 0 Å². The summed E-state index contributed by atoms with van der Waals surface area (Å²) in [5, 5.41) is 0. The van der Waals surface area contributed by atoms with Gasteiger partial charge in [0.2, 0.25) is 0 Å². The van der Waals surface area contributed by atoms with Crippen molar-refractivity contribution in [1.29, 1.82) is 0 Å². The van der Waals surface area contributed by atoms with Gasteiger partial charge in [-0.05, 0) is 0 Å². The Kier molecular flexibility index (Phi) is 8.40. The minimum atomic E-state index is -0.685. The van der Waals surface area contributed by atoms with Crippen molar-refractivity contribution in [2.45, 2.75) is 0 Å². The van der Waals surface area contributed by atoms with Crippen molar-refractivity contribution in [3.63, 3.8) is 0 Å². The first-order valence-corrected chi connectivity index (χ1v) is 13.4. The Morgan fingerprint density at radius 3 is 1.79 bits per heavy atom.